The lowest BCUT2D eigenvalue weighted by Crippen LogP contribution is -2.25. The molecule has 0 fully saturated rings. The number of carbonyl (C=O) groups excluding carboxylic acids is 1. The topological polar surface area (TPSA) is 80.9 Å². The number of amides is 1. The first-order valence-electron chi connectivity index (χ1n) is 6.21. The molecular formula is C14H15ClN4O. The van der Waals surface area contributed by atoms with Crippen molar-refractivity contribution in [2.75, 3.05) is 12.3 Å². The Bertz CT molecular complexity index is 658. The van der Waals surface area contributed by atoms with Crippen LogP contribution in [0.5, 0.6) is 0 Å². The van der Waals surface area contributed by atoms with Crippen molar-refractivity contribution in [3.63, 3.8) is 0 Å². The molecule has 0 unspecified atom stereocenters. The lowest BCUT2D eigenvalue weighted by molar-refractivity contribution is 0.0955. The number of nitrogens with two attached hydrogens (primary N) is 1. The Hall–Kier alpha value is -2.14. The number of nitrogen functional groups attached to an aromatic ring is 1. The van der Waals surface area contributed by atoms with E-state index in [4.69, 9.17) is 17.3 Å². The third kappa shape index (κ3) is 2.88. The predicted molar refractivity (Wildman–Crippen MR) is 79.6 cm³/mol. The van der Waals surface area contributed by atoms with Crippen LogP contribution in [0.2, 0.25) is 5.02 Å². The monoisotopic (exact) mass is 290 g/mol. The largest absolute Gasteiger partial charge is 0.368 e. The summed E-state index contributed by atoms with van der Waals surface area (Å²) in [5, 5.41) is 3.32. The van der Waals surface area contributed by atoms with Gasteiger partial charge in [0.25, 0.3) is 5.91 Å². The number of aromatic nitrogens is 2. The van der Waals surface area contributed by atoms with E-state index in [1.165, 1.54) is 0 Å². The van der Waals surface area contributed by atoms with E-state index >= 15 is 0 Å². The molecule has 1 heterocycles. The van der Waals surface area contributed by atoms with Gasteiger partial charge in [-0.15, -0.1) is 0 Å². The minimum absolute atomic E-state index is 0.130. The molecule has 0 radical (unpaired) electrons. The van der Waals surface area contributed by atoms with Crippen molar-refractivity contribution >= 4 is 23.5 Å². The van der Waals surface area contributed by atoms with Crippen LogP contribution in [0.25, 0.3) is 11.3 Å². The smallest absolute Gasteiger partial charge is 0.255 e. The van der Waals surface area contributed by atoms with Crippen molar-refractivity contribution in [3.05, 3.63) is 40.5 Å². The van der Waals surface area contributed by atoms with Crippen molar-refractivity contribution in [2.24, 2.45) is 0 Å². The summed E-state index contributed by atoms with van der Waals surface area (Å²) in [5.41, 5.74) is 7.87. The SMILES string of the molecule is CCNC(=O)c1c(C)nc(N)nc1-c1cccc(Cl)c1. The molecule has 0 bridgehead atoms. The molecule has 2 aromatic rings. The minimum Gasteiger partial charge on any atom is -0.368 e. The molecule has 3 N–H and O–H groups in total. The van der Waals surface area contributed by atoms with Crippen LogP contribution in [-0.4, -0.2) is 22.4 Å². The summed E-state index contributed by atoms with van der Waals surface area (Å²) in [4.78, 5) is 20.4. The predicted octanol–water partition coefficient (Wildman–Crippen LogP) is 2.44. The van der Waals surface area contributed by atoms with Gasteiger partial charge in [-0.3, -0.25) is 4.79 Å². The molecule has 0 saturated carbocycles. The number of anilines is 1. The summed E-state index contributed by atoms with van der Waals surface area (Å²) in [6.07, 6.45) is 0. The first-order valence-corrected chi connectivity index (χ1v) is 6.59. The van der Waals surface area contributed by atoms with Gasteiger partial charge < -0.3 is 11.1 Å². The van der Waals surface area contributed by atoms with Gasteiger partial charge in [0.05, 0.1) is 17.0 Å². The summed E-state index contributed by atoms with van der Waals surface area (Å²) in [6.45, 7) is 4.11. The lowest BCUT2D eigenvalue weighted by Gasteiger charge is -2.12. The van der Waals surface area contributed by atoms with Crippen molar-refractivity contribution < 1.29 is 4.79 Å². The van der Waals surface area contributed by atoms with Crippen molar-refractivity contribution in [2.45, 2.75) is 13.8 Å². The van der Waals surface area contributed by atoms with Crippen LogP contribution in [0.3, 0.4) is 0 Å². The number of nitrogens with one attached hydrogen (secondary N) is 1. The third-order valence-corrected chi connectivity index (χ3v) is 3.00. The highest BCUT2D eigenvalue weighted by atomic mass is 35.5. The Kier molecular flexibility index (Phi) is 4.20. The second kappa shape index (κ2) is 5.88. The number of hydrogen-bond acceptors (Lipinski definition) is 4. The van der Waals surface area contributed by atoms with Gasteiger partial charge in [0.2, 0.25) is 5.95 Å². The van der Waals surface area contributed by atoms with Crippen LogP contribution in [0.1, 0.15) is 23.0 Å². The molecule has 0 atom stereocenters. The molecular weight excluding hydrogens is 276 g/mol. The van der Waals surface area contributed by atoms with E-state index in [1.54, 1.807) is 25.1 Å². The van der Waals surface area contributed by atoms with Gasteiger partial charge in [0.15, 0.2) is 0 Å². The zero-order valence-electron chi connectivity index (χ0n) is 11.3. The van der Waals surface area contributed by atoms with Gasteiger partial charge in [-0.2, -0.15) is 0 Å². The Morgan fingerprint density at radius 2 is 2.15 bits per heavy atom. The highest BCUT2D eigenvalue weighted by molar-refractivity contribution is 6.30. The Balaban J connectivity index is 2.64. The maximum atomic E-state index is 12.2. The van der Waals surface area contributed by atoms with E-state index in [-0.39, 0.29) is 11.9 Å². The quantitative estimate of drug-likeness (QED) is 0.910. The molecule has 6 heteroatoms. The van der Waals surface area contributed by atoms with Crippen molar-refractivity contribution in [3.8, 4) is 11.3 Å². The standard InChI is InChI=1S/C14H15ClN4O/c1-3-17-13(20)11-8(2)18-14(16)19-12(11)9-5-4-6-10(15)7-9/h4-7H,3H2,1-2H3,(H,17,20)(H2,16,18,19). The average Bonchev–Trinajstić information content (AvgIpc) is 2.37. The third-order valence-electron chi connectivity index (χ3n) is 2.77. The van der Waals surface area contributed by atoms with Gasteiger partial charge in [0.1, 0.15) is 0 Å². The maximum absolute atomic E-state index is 12.2. The Labute approximate surface area is 122 Å². The molecule has 20 heavy (non-hydrogen) atoms. The Morgan fingerprint density at radius 3 is 2.80 bits per heavy atom. The fourth-order valence-corrected chi connectivity index (χ4v) is 2.15. The van der Waals surface area contributed by atoms with Crippen LogP contribution >= 0.6 is 11.6 Å². The second-order valence-electron chi connectivity index (χ2n) is 4.26. The number of aryl methyl sites for hydroxylation is 1. The van der Waals surface area contributed by atoms with E-state index in [0.29, 0.717) is 28.5 Å². The van der Waals surface area contributed by atoms with E-state index < -0.39 is 0 Å². The molecule has 0 aliphatic heterocycles. The summed E-state index contributed by atoms with van der Waals surface area (Å²) in [6, 6.07) is 7.13. The molecule has 0 saturated heterocycles. The van der Waals surface area contributed by atoms with Crippen LogP contribution in [0.4, 0.5) is 5.95 Å². The molecule has 1 aromatic carbocycles. The first kappa shape index (κ1) is 14.3. The van der Waals surface area contributed by atoms with Crippen LogP contribution in [-0.2, 0) is 0 Å². The zero-order chi connectivity index (χ0) is 14.7. The van der Waals surface area contributed by atoms with E-state index in [0.717, 1.165) is 5.56 Å². The molecule has 2 rings (SSSR count). The molecule has 104 valence electrons. The summed E-state index contributed by atoms with van der Waals surface area (Å²) in [5.74, 6) is -0.0921. The Morgan fingerprint density at radius 1 is 1.40 bits per heavy atom. The fourth-order valence-electron chi connectivity index (χ4n) is 1.96. The molecule has 5 nitrogen and oxygen atoms in total. The summed E-state index contributed by atoms with van der Waals surface area (Å²) >= 11 is 5.99. The number of rotatable bonds is 3. The molecule has 1 aromatic heterocycles. The minimum atomic E-state index is -0.222. The second-order valence-corrected chi connectivity index (χ2v) is 4.70. The molecule has 0 spiro atoms. The number of halogens is 1. The van der Waals surface area contributed by atoms with Crippen LogP contribution in [0, 0.1) is 6.92 Å². The van der Waals surface area contributed by atoms with E-state index in [2.05, 4.69) is 15.3 Å². The van der Waals surface area contributed by atoms with Gasteiger partial charge in [-0.05, 0) is 26.0 Å². The van der Waals surface area contributed by atoms with Gasteiger partial charge in [-0.25, -0.2) is 9.97 Å². The van der Waals surface area contributed by atoms with E-state index in [9.17, 15) is 4.79 Å². The number of hydrogen-bond donors (Lipinski definition) is 2. The number of nitrogens with zero attached hydrogens (tertiary/aromatic N) is 2. The van der Waals surface area contributed by atoms with Crippen molar-refractivity contribution in [1.29, 1.82) is 0 Å². The van der Waals surface area contributed by atoms with Gasteiger partial charge >= 0.3 is 0 Å². The fraction of sp³-hybridized carbons (Fsp3) is 0.214. The van der Waals surface area contributed by atoms with Crippen LogP contribution in [0.15, 0.2) is 24.3 Å². The number of benzene rings is 1. The molecule has 1 amide bonds. The van der Waals surface area contributed by atoms with Gasteiger partial charge in [-0.1, -0.05) is 23.7 Å². The van der Waals surface area contributed by atoms with Gasteiger partial charge in [0, 0.05) is 17.1 Å². The maximum Gasteiger partial charge on any atom is 0.255 e. The van der Waals surface area contributed by atoms with Crippen molar-refractivity contribution in [1.82, 2.24) is 15.3 Å². The lowest BCUT2D eigenvalue weighted by atomic mass is 10.0. The average molecular weight is 291 g/mol. The van der Waals surface area contributed by atoms with Crippen LogP contribution < -0.4 is 11.1 Å². The summed E-state index contributed by atoms with van der Waals surface area (Å²) in [7, 11) is 0. The van der Waals surface area contributed by atoms with E-state index in [1.807, 2.05) is 13.0 Å². The highest BCUT2D eigenvalue weighted by Crippen LogP contribution is 2.26. The summed E-state index contributed by atoms with van der Waals surface area (Å²) < 4.78 is 0. The molecule has 0 aliphatic rings. The first-order chi connectivity index (χ1) is 9.52. The zero-order valence-corrected chi connectivity index (χ0v) is 12.0. The number of carbonyl (C=O) groups is 1. The normalized spacial score (nSPS) is 10.3. The molecule has 0 aliphatic carbocycles. The highest BCUT2D eigenvalue weighted by Gasteiger charge is 2.19.